The van der Waals surface area contributed by atoms with Gasteiger partial charge in [-0.3, -0.25) is 0 Å². The maximum absolute atomic E-state index is 6.17. The van der Waals surface area contributed by atoms with Crippen LogP contribution < -0.4 is 10.6 Å². The molecule has 0 aromatic heterocycles. The first-order chi connectivity index (χ1) is 11.2. The van der Waals surface area contributed by atoms with E-state index in [9.17, 15) is 0 Å². The van der Waals surface area contributed by atoms with Crippen LogP contribution in [0.5, 0.6) is 0 Å². The summed E-state index contributed by atoms with van der Waals surface area (Å²) >= 11 is 12.2. The van der Waals surface area contributed by atoms with E-state index < -0.39 is 0 Å². The van der Waals surface area contributed by atoms with Crippen LogP contribution in [0.2, 0.25) is 10.0 Å². The molecule has 0 radical (unpaired) electrons. The van der Waals surface area contributed by atoms with E-state index in [-0.39, 0.29) is 24.6 Å². The van der Waals surface area contributed by atoms with E-state index in [0.717, 1.165) is 25.2 Å². The molecule has 2 atom stereocenters. The number of hydrogen-bond donors (Lipinski definition) is 2. The van der Waals surface area contributed by atoms with Crippen molar-refractivity contribution < 1.29 is 4.74 Å². The summed E-state index contributed by atoms with van der Waals surface area (Å²) in [7, 11) is 0. The topological polar surface area (TPSA) is 33.3 Å². The summed E-state index contributed by atoms with van der Waals surface area (Å²) in [6.07, 6.45) is -0.0523. The second-order valence-corrected chi connectivity index (χ2v) is 6.46. The number of rotatable bonds is 4. The Kier molecular flexibility index (Phi) is 7.82. The Morgan fingerprint density at radius 2 is 1.88 bits per heavy atom. The van der Waals surface area contributed by atoms with Gasteiger partial charge in [0.05, 0.1) is 28.8 Å². The van der Waals surface area contributed by atoms with Gasteiger partial charge in [-0.05, 0) is 23.3 Å². The standard InChI is InChI=1S/C18H20Cl2N2O.ClH/c19-15-7-6-14(10-16(15)20)18-17(12-21-8-9-23-18)22-11-13-4-2-1-3-5-13;/h1-7,10,17-18,21-22H,8-9,11-12H2;1H/t17?,18-;/m0./s1. The molecule has 3 nitrogen and oxygen atoms in total. The molecule has 130 valence electrons. The number of hydrogen-bond acceptors (Lipinski definition) is 3. The van der Waals surface area contributed by atoms with Crippen molar-refractivity contribution in [3.05, 3.63) is 69.7 Å². The maximum atomic E-state index is 6.17. The first kappa shape index (κ1) is 19.5. The van der Waals surface area contributed by atoms with E-state index >= 15 is 0 Å². The fourth-order valence-corrected chi connectivity index (χ4v) is 3.09. The van der Waals surface area contributed by atoms with Gasteiger partial charge in [0.2, 0.25) is 0 Å². The summed E-state index contributed by atoms with van der Waals surface area (Å²) in [5.74, 6) is 0. The highest BCUT2D eigenvalue weighted by atomic mass is 35.5. The average molecular weight is 388 g/mol. The van der Waals surface area contributed by atoms with Gasteiger partial charge in [-0.1, -0.05) is 59.6 Å². The molecule has 0 aliphatic carbocycles. The van der Waals surface area contributed by atoms with Crippen molar-refractivity contribution in [1.82, 2.24) is 10.6 Å². The first-order valence-electron chi connectivity index (χ1n) is 7.78. The van der Waals surface area contributed by atoms with Gasteiger partial charge in [0.25, 0.3) is 0 Å². The second-order valence-electron chi connectivity index (χ2n) is 5.64. The highest BCUT2D eigenvalue weighted by molar-refractivity contribution is 6.42. The molecule has 0 amide bonds. The largest absolute Gasteiger partial charge is 0.371 e. The van der Waals surface area contributed by atoms with Crippen molar-refractivity contribution in [2.24, 2.45) is 0 Å². The molecule has 1 heterocycles. The summed E-state index contributed by atoms with van der Waals surface area (Å²) in [6.45, 7) is 3.17. The summed E-state index contributed by atoms with van der Waals surface area (Å²) < 4.78 is 6.06. The van der Waals surface area contributed by atoms with Crippen molar-refractivity contribution in [2.45, 2.75) is 18.7 Å². The molecule has 0 saturated carbocycles. The van der Waals surface area contributed by atoms with Crippen LogP contribution >= 0.6 is 35.6 Å². The first-order valence-corrected chi connectivity index (χ1v) is 8.54. The molecule has 1 saturated heterocycles. The fourth-order valence-electron chi connectivity index (χ4n) is 2.78. The minimum atomic E-state index is -0.0523. The van der Waals surface area contributed by atoms with Gasteiger partial charge in [0, 0.05) is 19.6 Å². The third kappa shape index (κ3) is 5.09. The Labute approximate surface area is 159 Å². The molecule has 0 spiro atoms. The van der Waals surface area contributed by atoms with Gasteiger partial charge in [0.15, 0.2) is 0 Å². The molecule has 2 N–H and O–H groups in total. The van der Waals surface area contributed by atoms with Gasteiger partial charge in [-0.25, -0.2) is 0 Å². The Morgan fingerprint density at radius 3 is 2.62 bits per heavy atom. The zero-order valence-corrected chi connectivity index (χ0v) is 15.5. The Morgan fingerprint density at radius 1 is 1.08 bits per heavy atom. The van der Waals surface area contributed by atoms with E-state index in [1.165, 1.54) is 5.56 Å². The zero-order chi connectivity index (χ0) is 16.1. The van der Waals surface area contributed by atoms with E-state index in [0.29, 0.717) is 16.7 Å². The number of nitrogens with one attached hydrogen (secondary N) is 2. The highest BCUT2D eigenvalue weighted by Crippen LogP contribution is 2.29. The Balaban J connectivity index is 0.00000208. The van der Waals surface area contributed by atoms with Crippen LogP contribution in [-0.2, 0) is 11.3 Å². The van der Waals surface area contributed by atoms with Gasteiger partial charge < -0.3 is 15.4 Å². The number of benzene rings is 2. The molecule has 0 bridgehead atoms. The lowest BCUT2D eigenvalue weighted by Crippen LogP contribution is -2.41. The van der Waals surface area contributed by atoms with Crippen molar-refractivity contribution in [3.8, 4) is 0 Å². The molecule has 24 heavy (non-hydrogen) atoms. The minimum Gasteiger partial charge on any atom is -0.371 e. The molecular weight excluding hydrogens is 367 g/mol. The van der Waals surface area contributed by atoms with E-state index in [4.69, 9.17) is 27.9 Å². The summed E-state index contributed by atoms with van der Waals surface area (Å²) in [4.78, 5) is 0. The van der Waals surface area contributed by atoms with Crippen LogP contribution in [-0.4, -0.2) is 25.7 Å². The summed E-state index contributed by atoms with van der Waals surface area (Å²) in [5, 5.41) is 8.14. The summed E-state index contributed by atoms with van der Waals surface area (Å²) in [6, 6.07) is 16.2. The third-order valence-corrected chi connectivity index (χ3v) is 4.73. The SMILES string of the molecule is Cl.Clc1ccc([C@@H]2OCCNCC2NCc2ccccc2)cc1Cl. The average Bonchev–Trinajstić information content (AvgIpc) is 2.82. The predicted octanol–water partition coefficient (Wildman–Crippen LogP) is 4.23. The van der Waals surface area contributed by atoms with Crippen molar-refractivity contribution in [1.29, 1.82) is 0 Å². The summed E-state index contributed by atoms with van der Waals surface area (Å²) in [5.41, 5.74) is 2.30. The van der Waals surface area contributed by atoms with E-state index in [2.05, 4.69) is 34.9 Å². The Bertz CT molecular complexity index is 639. The predicted molar refractivity (Wildman–Crippen MR) is 102 cm³/mol. The molecule has 6 heteroatoms. The quantitative estimate of drug-likeness (QED) is 0.823. The molecular formula is C18H21Cl3N2O. The second kappa shape index (κ2) is 9.62. The van der Waals surface area contributed by atoms with Gasteiger partial charge in [-0.15, -0.1) is 12.4 Å². The van der Waals surface area contributed by atoms with Crippen molar-refractivity contribution in [3.63, 3.8) is 0 Å². The smallest absolute Gasteiger partial charge is 0.0991 e. The Hall–Kier alpha value is -0.810. The zero-order valence-electron chi connectivity index (χ0n) is 13.2. The van der Waals surface area contributed by atoms with Crippen LogP contribution in [0.3, 0.4) is 0 Å². The van der Waals surface area contributed by atoms with Crippen LogP contribution in [0, 0.1) is 0 Å². The van der Waals surface area contributed by atoms with Gasteiger partial charge >= 0.3 is 0 Å². The lowest BCUT2D eigenvalue weighted by atomic mass is 10.0. The molecule has 3 rings (SSSR count). The fraction of sp³-hybridized carbons (Fsp3) is 0.333. The monoisotopic (exact) mass is 386 g/mol. The van der Waals surface area contributed by atoms with Gasteiger partial charge in [-0.2, -0.15) is 0 Å². The van der Waals surface area contributed by atoms with Gasteiger partial charge in [0.1, 0.15) is 0 Å². The maximum Gasteiger partial charge on any atom is 0.0991 e. The molecule has 1 aliphatic heterocycles. The van der Waals surface area contributed by atoms with Crippen molar-refractivity contribution in [2.75, 3.05) is 19.7 Å². The molecule has 1 unspecified atom stereocenters. The van der Waals surface area contributed by atoms with Crippen LogP contribution in [0.4, 0.5) is 0 Å². The molecule has 2 aromatic rings. The lowest BCUT2D eigenvalue weighted by Gasteiger charge is -2.26. The number of halogens is 3. The lowest BCUT2D eigenvalue weighted by molar-refractivity contribution is 0.0435. The highest BCUT2D eigenvalue weighted by Gasteiger charge is 2.26. The van der Waals surface area contributed by atoms with E-state index in [1.807, 2.05) is 24.3 Å². The number of ether oxygens (including phenoxy) is 1. The molecule has 1 aliphatic rings. The van der Waals surface area contributed by atoms with E-state index in [1.54, 1.807) is 0 Å². The third-order valence-electron chi connectivity index (χ3n) is 3.99. The molecule has 1 fully saturated rings. The van der Waals surface area contributed by atoms with Crippen LogP contribution in [0.1, 0.15) is 17.2 Å². The normalized spacial score (nSPS) is 20.9. The van der Waals surface area contributed by atoms with Crippen molar-refractivity contribution >= 4 is 35.6 Å². The van der Waals surface area contributed by atoms with Crippen LogP contribution in [0.15, 0.2) is 48.5 Å². The van der Waals surface area contributed by atoms with Crippen LogP contribution in [0.25, 0.3) is 0 Å². The molecule has 2 aromatic carbocycles. The minimum absolute atomic E-state index is 0.